The maximum absolute atomic E-state index is 3.35. The fraction of sp³-hybridized carbons (Fsp3) is 0.636. The second-order valence-corrected chi connectivity index (χ2v) is 8.15. The molecule has 0 saturated heterocycles. The minimum Gasteiger partial charge on any atom is -0.186 e. The molecule has 0 bridgehead atoms. The van der Waals surface area contributed by atoms with Gasteiger partial charge in [-0.3, -0.25) is 0 Å². The minimum atomic E-state index is -0.631. The fourth-order valence-electron chi connectivity index (χ4n) is 1.22. The second kappa shape index (κ2) is 3.58. The summed E-state index contributed by atoms with van der Waals surface area (Å²) in [5.41, 5.74) is 1.37. The van der Waals surface area contributed by atoms with Gasteiger partial charge in [-0.1, -0.05) is 18.9 Å². The van der Waals surface area contributed by atoms with Crippen LogP contribution in [0.2, 0.25) is 0 Å². The zero-order valence-electron chi connectivity index (χ0n) is 8.48. The van der Waals surface area contributed by atoms with Crippen molar-refractivity contribution in [2.45, 2.75) is 19.8 Å². The topological polar surface area (TPSA) is 0 Å². The molecule has 0 aromatic carbocycles. The molecule has 68 valence electrons. The third-order valence-electron chi connectivity index (χ3n) is 1.87. The molecule has 0 aromatic heterocycles. The number of hydrogen-bond donors (Lipinski definition) is 0. The van der Waals surface area contributed by atoms with Crippen LogP contribution in [0, 0.1) is 17.1 Å². The highest BCUT2D eigenvalue weighted by molar-refractivity contribution is 8.35. The monoisotopic (exact) mass is 182 g/mol. The molecular formula is C11H18S. The normalized spacial score (nSPS) is 24.3. The van der Waals surface area contributed by atoms with Crippen molar-refractivity contribution < 1.29 is 0 Å². The van der Waals surface area contributed by atoms with Crippen LogP contribution in [0.5, 0.6) is 0 Å². The lowest BCUT2D eigenvalue weighted by molar-refractivity contribution is 0.700. The summed E-state index contributed by atoms with van der Waals surface area (Å²) in [6.45, 7) is 2.26. The molecule has 0 amide bonds. The summed E-state index contributed by atoms with van der Waals surface area (Å²) in [4.78, 5) is 0. The molecule has 0 nitrogen and oxygen atoms in total. The SMILES string of the molecule is CC1C=C(C#CS(C)(C)C)CC1. The van der Waals surface area contributed by atoms with Crippen molar-refractivity contribution >= 4 is 10.0 Å². The Balaban J connectivity index is 2.61. The van der Waals surface area contributed by atoms with Crippen LogP contribution < -0.4 is 0 Å². The van der Waals surface area contributed by atoms with E-state index in [4.69, 9.17) is 0 Å². The summed E-state index contributed by atoms with van der Waals surface area (Å²) in [7, 11) is -0.631. The summed E-state index contributed by atoms with van der Waals surface area (Å²) >= 11 is 0. The first-order chi connectivity index (χ1) is 5.47. The molecule has 0 spiro atoms. The highest BCUT2D eigenvalue weighted by atomic mass is 32.3. The summed E-state index contributed by atoms with van der Waals surface area (Å²) in [6.07, 6.45) is 11.5. The minimum absolute atomic E-state index is 0.631. The molecule has 1 rings (SSSR count). The van der Waals surface area contributed by atoms with E-state index in [1.54, 1.807) is 0 Å². The van der Waals surface area contributed by atoms with Gasteiger partial charge in [0.05, 0.1) is 0 Å². The smallest absolute Gasteiger partial charge is 0.000822 e. The van der Waals surface area contributed by atoms with Crippen LogP contribution in [-0.2, 0) is 0 Å². The average Bonchev–Trinajstić information content (AvgIpc) is 2.30. The molecule has 1 heteroatoms. The van der Waals surface area contributed by atoms with E-state index in [0.29, 0.717) is 0 Å². The lowest BCUT2D eigenvalue weighted by atomic mass is 10.2. The highest BCUT2D eigenvalue weighted by Gasteiger charge is 2.09. The largest absolute Gasteiger partial charge is 0.186 e. The summed E-state index contributed by atoms with van der Waals surface area (Å²) in [5, 5.41) is 3.35. The molecule has 1 atom stereocenters. The standard InChI is InChI=1S/C11H18S/c1-10-5-6-11(9-10)7-8-12(2,3)4/h9-10H,5-6H2,1-4H3. The molecule has 1 unspecified atom stereocenters. The van der Waals surface area contributed by atoms with Crippen LogP contribution in [0.3, 0.4) is 0 Å². The van der Waals surface area contributed by atoms with Crippen molar-refractivity contribution in [2.75, 3.05) is 18.8 Å². The van der Waals surface area contributed by atoms with E-state index in [9.17, 15) is 0 Å². The molecular weight excluding hydrogens is 164 g/mol. The summed E-state index contributed by atoms with van der Waals surface area (Å²) < 4.78 is 0. The first kappa shape index (κ1) is 9.74. The van der Waals surface area contributed by atoms with Crippen LogP contribution in [0.4, 0.5) is 0 Å². The van der Waals surface area contributed by atoms with Crippen LogP contribution in [0.25, 0.3) is 0 Å². The molecule has 1 aliphatic carbocycles. The van der Waals surface area contributed by atoms with E-state index in [1.165, 1.54) is 18.4 Å². The second-order valence-electron chi connectivity index (χ2n) is 4.27. The molecule has 0 aliphatic heterocycles. The zero-order chi connectivity index (χ0) is 9.19. The van der Waals surface area contributed by atoms with Gasteiger partial charge in [0, 0.05) is 0 Å². The van der Waals surface area contributed by atoms with Crippen molar-refractivity contribution in [3.63, 3.8) is 0 Å². The Bertz CT molecular complexity index is 244. The Kier molecular flexibility index (Phi) is 2.90. The predicted octanol–water partition coefficient (Wildman–Crippen LogP) is 3.00. The Morgan fingerprint density at radius 3 is 2.50 bits per heavy atom. The Labute approximate surface area is 77.8 Å². The van der Waals surface area contributed by atoms with Gasteiger partial charge in [-0.15, -0.1) is 0 Å². The Hall–Kier alpha value is -0.350. The van der Waals surface area contributed by atoms with Crippen molar-refractivity contribution in [3.05, 3.63) is 11.6 Å². The maximum atomic E-state index is 3.35. The lowest BCUT2D eigenvalue weighted by Gasteiger charge is -2.14. The number of rotatable bonds is 0. The van der Waals surface area contributed by atoms with Crippen LogP contribution >= 0.6 is 10.0 Å². The third-order valence-corrected chi connectivity index (χ3v) is 2.59. The van der Waals surface area contributed by atoms with E-state index >= 15 is 0 Å². The molecule has 1 aliphatic rings. The van der Waals surface area contributed by atoms with Crippen molar-refractivity contribution in [3.8, 4) is 11.2 Å². The van der Waals surface area contributed by atoms with Crippen molar-refractivity contribution in [2.24, 2.45) is 5.92 Å². The van der Waals surface area contributed by atoms with Gasteiger partial charge < -0.3 is 0 Å². The van der Waals surface area contributed by atoms with Gasteiger partial charge >= 0.3 is 0 Å². The van der Waals surface area contributed by atoms with Gasteiger partial charge in [-0.05, 0) is 48.4 Å². The van der Waals surface area contributed by atoms with E-state index in [1.807, 2.05) is 0 Å². The molecule has 0 radical (unpaired) electrons. The van der Waals surface area contributed by atoms with Gasteiger partial charge in [-0.25, -0.2) is 0 Å². The first-order valence-electron chi connectivity index (χ1n) is 4.39. The van der Waals surface area contributed by atoms with E-state index in [-0.39, 0.29) is 0 Å². The van der Waals surface area contributed by atoms with E-state index in [0.717, 1.165) is 5.92 Å². The molecule has 0 fully saturated rings. The summed E-state index contributed by atoms with van der Waals surface area (Å²) in [5.74, 6) is 4.05. The maximum Gasteiger partial charge on any atom is -0.000822 e. The third kappa shape index (κ3) is 3.36. The van der Waals surface area contributed by atoms with Gasteiger partial charge in [-0.2, -0.15) is 10.0 Å². The predicted molar refractivity (Wildman–Crippen MR) is 59.6 cm³/mol. The lowest BCUT2D eigenvalue weighted by Crippen LogP contribution is -1.85. The zero-order valence-corrected chi connectivity index (χ0v) is 9.29. The summed E-state index contributed by atoms with van der Waals surface area (Å²) in [6, 6.07) is 0. The van der Waals surface area contributed by atoms with Crippen LogP contribution in [0.15, 0.2) is 11.6 Å². The molecule has 0 aromatic rings. The van der Waals surface area contributed by atoms with E-state index < -0.39 is 10.0 Å². The van der Waals surface area contributed by atoms with Gasteiger partial charge in [0.2, 0.25) is 0 Å². The van der Waals surface area contributed by atoms with Gasteiger partial charge in [0.25, 0.3) is 0 Å². The van der Waals surface area contributed by atoms with Crippen LogP contribution in [-0.4, -0.2) is 18.8 Å². The average molecular weight is 182 g/mol. The van der Waals surface area contributed by atoms with Gasteiger partial charge in [0.1, 0.15) is 0 Å². The molecule has 0 N–H and O–H groups in total. The van der Waals surface area contributed by atoms with E-state index in [2.05, 4.69) is 42.9 Å². The molecule has 12 heavy (non-hydrogen) atoms. The number of hydrogen-bond acceptors (Lipinski definition) is 0. The molecule has 0 saturated carbocycles. The number of allylic oxidation sites excluding steroid dienone is 2. The Morgan fingerprint density at radius 1 is 1.42 bits per heavy atom. The Morgan fingerprint density at radius 2 is 2.08 bits per heavy atom. The highest BCUT2D eigenvalue weighted by Crippen LogP contribution is 2.33. The van der Waals surface area contributed by atoms with Crippen molar-refractivity contribution in [1.29, 1.82) is 0 Å². The van der Waals surface area contributed by atoms with Crippen molar-refractivity contribution in [1.82, 2.24) is 0 Å². The van der Waals surface area contributed by atoms with Gasteiger partial charge in [0.15, 0.2) is 0 Å². The van der Waals surface area contributed by atoms with Crippen LogP contribution in [0.1, 0.15) is 19.8 Å². The molecule has 0 heterocycles. The first-order valence-corrected chi connectivity index (χ1v) is 7.25. The quantitative estimate of drug-likeness (QED) is 0.505. The fourth-order valence-corrected chi connectivity index (χ4v) is 1.65.